The maximum absolute atomic E-state index is 12.8. The van der Waals surface area contributed by atoms with Gasteiger partial charge in [-0.3, -0.25) is 4.79 Å². The first-order chi connectivity index (χ1) is 14.1. The van der Waals surface area contributed by atoms with Crippen molar-refractivity contribution in [3.8, 4) is 0 Å². The summed E-state index contributed by atoms with van der Waals surface area (Å²) in [5, 5.41) is 1.58. The molecule has 2 heterocycles. The SMILES string of the molecule is Cc1ccc(Cc2nsc(N3CCCN(C(=O)c4ccc(Cl)cc4)CC3)n2)cc1. The molecular formula is C22H23ClN4OS. The minimum absolute atomic E-state index is 0.0563. The van der Waals surface area contributed by atoms with Gasteiger partial charge in [-0.2, -0.15) is 4.37 Å². The molecule has 1 aromatic heterocycles. The van der Waals surface area contributed by atoms with E-state index >= 15 is 0 Å². The van der Waals surface area contributed by atoms with Gasteiger partial charge in [0.25, 0.3) is 5.91 Å². The molecule has 2 aromatic carbocycles. The van der Waals surface area contributed by atoms with Gasteiger partial charge in [0.15, 0.2) is 0 Å². The second-order valence-corrected chi connectivity index (χ2v) is 8.46. The zero-order chi connectivity index (χ0) is 20.2. The molecule has 0 N–H and O–H groups in total. The first-order valence-electron chi connectivity index (χ1n) is 9.76. The van der Waals surface area contributed by atoms with Crippen LogP contribution in [0, 0.1) is 6.92 Å². The Morgan fingerprint density at radius 3 is 2.55 bits per heavy atom. The summed E-state index contributed by atoms with van der Waals surface area (Å²) >= 11 is 7.37. The molecule has 5 nitrogen and oxygen atoms in total. The van der Waals surface area contributed by atoms with Gasteiger partial charge in [-0.25, -0.2) is 4.98 Å². The third kappa shape index (κ3) is 4.95. The first-order valence-corrected chi connectivity index (χ1v) is 10.9. The van der Waals surface area contributed by atoms with E-state index in [1.807, 2.05) is 4.90 Å². The molecule has 1 fully saturated rings. The molecule has 4 rings (SSSR count). The van der Waals surface area contributed by atoms with E-state index in [1.54, 1.807) is 24.3 Å². The van der Waals surface area contributed by atoms with Crippen molar-refractivity contribution in [2.75, 3.05) is 31.1 Å². The van der Waals surface area contributed by atoms with E-state index in [9.17, 15) is 4.79 Å². The molecule has 0 bridgehead atoms. The monoisotopic (exact) mass is 426 g/mol. The lowest BCUT2D eigenvalue weighted by atomic mass is 10.1. The standard InChI is InChI=1S/C22H23ClN4OS/c1-16-3-5-17(6-4-16)15-20-24-22(29-25-20)27-12-2-11-26(13-14-27)21(28)18-7-9-19(23)10-8-18/h3-10H,2,11-15H2,1H3. The van der Waals surface area contributed by atoms with Gasteiger partial charge in [0.2, 0.25) is 5.13 Å². The predicted octanol–water partition coefficient (Wildman–Crippen LogP) is 4.44. The summed E-state index contributed by atoms with van der Waals surface area (Å²) in [5.74, 6) is 0.910. The number of hydrogen-bond acceptors (Lipinski definition) is 5. The summed E-state index contributed by atoms with van der Waals surface area (Å²) in [5.41, 5.74) is 3.15. The number of aryl methyl sites for hydroxylation is 1. The summed E-state index contributed by atoms with van der Waals surface area (Å²) in [4.78, 5) is 21.7. The Morgan fingerprint density at radius 2 is 1.79 bits per heavy atom. The third-order valence-corrected chi connectivity index (χ3v) is 6.15. The summed E-state index contributed by atoms with van der Waals surface area (Å²) in [6, 6.07) is 15.6. The first kappa shape index (κ1) is 19.9. The van der Waals surface area contributed by atoms with Crippen LogP contribution in [0.25, 0.3) is 0 Å². The Hall–Kier alpha value is -2.44. The number of aromatic nitrogens is 2. The largest absolute Gasteiger partial charge is 0.345 e. The average molecular weight is 427 g/mol. The van der Waals surface area contributed by atoms with E-state index in [0.29, 0.717) is 17.1 Å². The fourth-order valence-corrected chi connectivity index (χ4v) is 4.28. The van der Waals surface area contributed by atoms with Crippen LogP contribution in [0.3, 0.4) is 0 Å². The van der Waals surface area contributed by atoms with E-state index < -0.39 is 0 Å². The van der Waals surface area contributed by atoms with Crippen LogP contribution < -0.4 is 4.90 Å². The molecule has 0 radical (unpaired) electrons. The number of anilines is 1. The van der Waals surface area contributed by atoms with Crippen LogP contribution in [0.2, 0.25) is 5.02 Å². The molecule has 1 aliphatic heterocycles. The topological polar surface area (TPSA) is 49.3 Å². The zero-order valence-corrected chi connectivity index (χ0v) is 17.9. The number of carbonyl (C=O) groups is 1. The summed E-state index contributed by atoms with van der Waals surface area (Å²) in [6.07, 6.45) is 1.65. The molecule has 1 saturated heterocycles. The van der Waals surface area contributed by atoms with Crippen molar-refractivity contribution in [1.82, 2.24) is 14.3 Å². The maximum Gasteiger partial charge on any atom is 0.253 e. The second-order valence-electron chi connectivity index (χ2n) is 7.30. The summed E-state index contributed by atoms with van der Waals surface area (Å²) in [7, 11) is 0. The van der Waals surface area contributed by atoms with Crippen LogP contribution in [0.4, 0.5) is 5.13 Å². The van der Waals surface area contributed by atoms with Crippen molar-refractivity contribution in [2.24, 2.45) is 0 Å². The number of hydrogen-bond donors (Lipinski definition) is 0. The van der Waals surface area contributed by atoms with E-state index in [1.165, 1.54) is 22.7 Å². The highest BCUT2D eigenvalue weighted by atomic mass is 35.5. The summed E-state index contributed by atoms with van der Waals surface area (Å²) in [6.45, 7) is 5.15. The molecule has 0 saturated carbocycles. The minimum Gasteiger partial charge on any atom is -0.345 e. The molecule has 1 amide bonds. The van der Waals surface area contributed by atoms with Crippen molar-refractivity contribution < 1.29 is 4.79 Å². The maximum atomic E-state index is 12.8. The molecule has 1 aliphatic rings. The Morgan fingerprint density at radius 1 is 1.03 bits per heavy atom. The van der Waals surface area contributed by atoms with Gasteiger partial charge >= 0.3 is 0 Å². The molecular weight excluding hydrogens is 404 g/mol. The van der Waals surface area contributed by atoms with Crippen LogP contribution in [0.15, 0.2) is 48.5 Å². The van der Waals surface area contributed by atoms with Gasteiger partial charge in [-0.15, -0.1) is 0 Å². The quantitative estimate of drug-likeness (QED) is 0.618. The number of benzene rings is 2. The van der Waals surface area contributed by atoms with E-state index in [4.69, 9.17) is 16.6 Å². The highest BCUT2D eigenvalue weighted by Crippen LogP contribution is 2.21. The van der Waals surface area contributed by atoms with Gasteiger partial charge in [0, 0.05) is 54.7 Å². The Labute approximate surface area is 180 Å². The van der Waals surface area contributed by atoms with Gasteiger partial charge in [-0.05, 0) is 43.2 Å². The number of carbonyl (C=O) groups excluding carboxylic acids is 1. The molecule has 3 aromatic rings. The van der Waals surface area contributed by atoms with Gasteiger partial charge < -0.3 is 9.80 Å². The molecule has 0 spiro atoms. The van der Waals surface area contributed by atoms with Crippen LogP contribution in [-0.2, 0) is 6.42 Å². The lowest BCUT2D eigenvalue weighted by molar-refractivity contribution is 0.0767. The molecule has 0 unspecified atom stereocenters. The van der Waals surface area contributed by atoms with Gasteiger partial charge in [0.1, 0.15) is 5.82 Å². The number of halogens is 1. The predicted molar refractivity (Wildman–Crippen MR) is 118 cm³/mol. The Bertz CT molecular complexity index is 971. The van der Waals surface area contributed by atoms with Crippen LogP contribution in [0.1, 0.15) is 33.7 Å². The summed E-state index contributed by atoms with van der Waals surface area (Å²) < 4.78 is 4.55. The molecule has 0 aliphatic carbocycles. The zero-order valence-electron chi connectivity index (χ0n) is 16.3. The van der Waals surface area contributed by atoms with Crippen molar-refractivity contribution in [1.29, 1.82) is 0 Å². The highest BCUT2D eigenvalue weighted by molar-refractivity contribution is 7.09. The normalized spacial score (nSPS) is 14.7. The second kappa shape index (κ2) is 8.93. The van der Waals surface area contributed by atoms with Crippen molar-refractivity contribution >= 4 is 34.2 Å². The molecule has 7 heteroatoms. The van der Waals surface area contributed by atoms with Crippen molar-refractivity contribution in [3.63, 3.8) is 0 Å². The van der Waals surface area contributed by atoms with Crippen molar-refractivity contribution in [3.05, 3.63) is 76.1 Å². The molecule has 29 heavy (non-hydrogen) atoms. The number of nitrogens with zero attached hydrogens (tertiary/aromatic N) is 4. The minimum atomic E-state index is 0.0563. The van der Waals surface area contributed by atoms with Crippen LogP contribution in [0.5, 0.6) is 0 Å². The smallest absolute Gasteiger partial charge is 0.253 e. The van der Waals surface area contributed by atoms with Crippen LogP contribution >= 0.6 is 23.1 Å². The van der Waals surface area contributed by atoms with E-state index in [0.717, 1.165) is 43.4 Å². The number of amides is 1. The van der Waals surface area contributed by atoms with Crippen molar-refractivity contribution in [2.45, 2.75) is 19.8 Å². The Kier molecular flexibility index (Phi) is 6.11. The molecule has 150 valence electrons. The highest BCUT2D eigenvalue weighted by Gasteiger charge is 2.22. The van der Waals surface area contributed by atoms with Gasteiger partial charge in [0.05, 0.1) is 0 Å². The third-order valence-electron chi connectivity index (χ3n) is 5.09. The average Bonchev–Trinajstić information content (AvgIpc) is 3.04. The van der Waals surface area contributed by atoms with Crippen LogP contribution in [-0.4, -0.2) is 46.3 Å². The van der Waals surface area contributed by atoms with Gasteiger partial charge in [-0.1, -0.05) is 41.4 Å². The van der Waals surface area contributed by atoms with E-state index in [2.05, 4.69) is 40.5 Å². The lowest BCUT2D eigenvalue weighted by Gasteiger charge is -2.21. The Balaban J connectivity index is 1.38. The van der Waals surface area contributed by atoms with E-state index in [-0.39, 0.29) is 5.91 Å². The fourth-order valence-electron chi connectivity index (χ4n) is 3.42. The number of rotatable bonds is 4. The molecule has 0 atom stereocenters. The lowest BCUT2D eigenvalue weighted by Crippen LogP contribution is -2.35. The fraction of sp³-hybridized carbons (Fsp3) is 0.318.